The molecule has 2 aliphatic heterocycles. The molecule has 0 saturated carbocycles. The second-order valence-corrected chi connectivity index (χ2v) is 9.86. The Bertz CT molecular complexity index is 1410. The van der Waals surface area contributed by atoms with Crippen molar-refractivity contribution in [2.45, 2.75) is 24.1 Å². The fraction of sp³-hybridized carbons (Fsp3) is 0.214. The lowest BCUT2D eigenvalue weighted by atomic mass is 9.98. The number of carbonyl (C=O) groups excluding carboxylic acids is 2. The number of aliphatic imine (C=N–C) groups is 1. The van der Waals surface area contributed by atoms with Crippen LogP contribution in [0, 0.1) is 5.82 Å². The average Bonchev–Trinajstić information content (AvgIpc) is 3.53. The number of anilines is 1. The standard InChI is InChI=1S/C28H25FN4O4S/c1-36-20-12-13-24(37-2)21(14-20)22-15-23(17-8-10-18(29)11-9-17)33(32-22)28-31-27(35)25(38-28)16-26(34)30-19-6-4-3-5-7-19/h3-14,23,25H,15-16H2,1-2H3,(H,30,34)/t23-,25-/m1/s1. The molecule has 0 aliphatic carbocycles. The predicted octanol–water partition coefficient (Wildman–Crippen LogP) is 5.02. The zero-order valence-corrected chi connectivity index (χ0v) is 21.6. The van der Waals surface area contributed by atoms with Crippen molar-refractivity contribution in [1.82, 2.24) is 5.01 Å². The summed E-state index contributed by atoms with van der Waals surface area (Å²) in [6, 6.07) is 20.3. The summed E-state index contributed by atoms with van der Waals surface area (Å²) in [5.74, 6) is 0.250. The van der Waals surface area contributed by atoms with Crippen LogP contribution in [0.25, 0.3) is 0 Å². The van der Waals surface area contributed by atoms with Crippen LogP contribution < -0.4 is 14.8 Å². The maximum atomic E-state index is 13.7. The van der Waals surface area contributed by atoms with Crippen LogP contribution in [-0.4, -0.2) is 47.2 Å². The lowest BCUT2D eigenvalue weighted by Gasteiger charge is -2.23. The lowest BCUT2D eigenvalue weighted by molar-refractivity contribution is -0.121. The van der Waals surface area contributed by atoms with Gasteiger partial charge >= 0.3 is 0 Å². The number of amides is 2. The molecule has 194 valence electrons. The fourth-order valence-corrected chi connectivity index (χ4v) is 5.40. The Hall–Kier alpha value is -4.18. The van der Waals surface area contributed by atoms with Gasteiger partial charge < -0.3 is 14.8 Å². The summed E-state index contributed by atoms with van der Waals surface area (Å²) in [6.07, 6.45) is 0.433. The van der Waals surface area contributed by atoms with Gasteiger partial charge in [0.05, 0.1) is 26.0 Å². The highest BCUT2D eigenvalue weighted by atomic mass is 32.2. The number of hydrogen-bond acceptors (Lipinski definition) is 7. The number of carbonyl (C=O) groups is 2. The highest BCUT2D eigenvalue weighted by molar-refractivity contribution is 8.15. The molecule has 38 heavy (non-hydrogen) atoms. The van der Waals surface area contributed by atoms with Gasteiger partial charge in [-0.25, -0.2) is 9.40 Å². The molecule has 0 radical (unpaired) electrons. The minimum absolute atomic E-state index is 0.0271. The smallest absolute Gasteiger partial charge is 0.262 e. The number of hydrazone groups is 1. The van der Waals surface area contributed by atoms with Crippen LogP contribution in [0.15, 0.2) is 82.9 Å². The van der Waals surface area contributed by atoms with E-state index in [0.717, 1.165) is 11.1 Å². The first kappa shape index (κ1) is 25.5. The van der Waals surface area contributed by atoms with Crippen molar-refractivity contribution in [3.05, 3.63) is 89.7 Å². The second kappa shape index (κ2) is 11.1. The van der Waals surface area contributed by atoms with E-state index in [0.29, 0.717) is 34.5 Å². The molecule has 3 aromatic rings. The topological polar surface area (TPSA) is 92.6 Å². The molecule has 0 bridgehead atoms. The number of methoxy groups -OCH3 is 2. The van der Waals surface area contributed by atoms with Crippen LogP contribution in [0.3, 0.4) is 0 Å². The van der Waals surface area contributed by atoms with Crippen LogP contribution in [0.5, 0.6) is 11.5 Å². The second-order valence-electron chi connectivity index (χ2n) is 8.69. The molecule has 10 heteroatoms. The average molecular weight is 533 g/mol. The molecule has 0 spiro atoms. The summed E-state index contributed by atoms with van der Waals surface area (Å²) in [7, 11) is 3.16. The summed E-state index contributed by atoms with van der Waals surface area (Å²) >= 11 is 1.20. The predicted molar refractivity (Wildman–Crippen MR) is 145 cm³/mol. The van der Waals surface area contributed by atoms with Crippen LogP contribution in [0.4, 0.5) is 10.1 Å². The monoisotopic (exact) mass is 532 g/mol. The third kappa shape index (κ3) is 5.40. The molecule has 0 aromatic heterocycles. The van der Waals surface area contributed by atoms with E-state index in [1.54, 1.807) is 55.6 Å². The summed E-state index contributed by atoms with van der Waals surface area (Å²) in [4.78, 5) is 29.7. The van der Waals surface area contributed by atoms with Crippen LogP contribution in [0.2, 0.25) is 0 Å². The van der Waals surface area contributed by atoms with Crippen molar-refractivity contribution in [2.75, 3.05) is 19.5 Å². The first-order chi connectivity index (χ1) is 18.4. The summed E-state index contributed by atoms with van der Waals surface area (Å²) in [5.41, 5.74) is 2.92. The third-order valence-corrected chi connectivity index (χ3v) is 7.38. The number of benzene rings is 3. The highest BCUT2D eigenvalue weighted by Gasteiger charge is 2.39. The van der Waals surface area contributed by atoms with E-state index in [9.17, 15) is 14.0 Å². The van der Waals surface area contributed by atoms with Gasteiger partial charge in [0.25, 0.3) is 5.91 Å². The van der Waals surface area contributed by atoms with Crippen LogP contribution >= 0.6 is 11.8 Å². The molecule has 3 aromatic carbocycles. The number of nitrogens with one attached hydrogen (secondary N) is 1. The number of ether oxygens (including phenoxy) is 2. The number of nitrogens with zero attached hydrogens (tertiary/aromatic N) is 3. The van der Waals surface area contributed by atoms with E-state index in [-0.39, 0.29) is 24.2 Å². The molecule has 0 unspecified atom stereocenters. The van der Waals surface area contributed by atoms with E-state index in [4.69, 9.17) is 14.6 Å². The van der Waals surface area contributed by atoms with Crippen molar-refractivity contribution in [3.8, 4) is 11.5 Å². The van der Waals surface area contributed by atoms with Crippen molar-refractivity contribution in [2.24, 2.45) is 10.1 Å². The molecular weight excluding hydrogens is 507 g/mol. The van der Waals surface area contributed by atoms with E-state index < -0.39 is 11.2 Å². The quantitative estimate of drug-likeness (QED) is 0.459. The first-order valence-corrected chi connectivity index (χ1v) is 12.8. The SMILES string of the molecule is COc1ccc(OC)c(C2=NN(C3=NC(=O)[C@@H](CC(=O)Nc4ccccc4)S3)[C@@H](c3ccc(F)cc3)C2)c1. The van der Waals surface area contributed by atoms with Crippen molar-refractivity contribution in [3.63, 3.8) is 0 Å². The van der Waals surface area contributed by atoms with E-state index in [1.807, 2.05) is 24.3 Å². The van der Waals surface area contributed by atoms with E-state index in [1.165, 1.54) is 23.9 Å². The molecular formula is C28H25FN4O4S. The van der Waals surface area contributed by atoms with Gasteiger partial charge in [0.15, 0.2) is 5.17 Å². The van der Waals surface area contributed by atoms with Crippen LogP contribution in [0.1, 0.15) is 30.0 Å². The van der Waals surface area contributed by atoms with Crippen molar-refractivity contribution in [1.29, 1.82) is 0 Å². The Morgan fingerprint density at radius 1 is 1.08 bits per heavy atom. The number of halogens is 1. The molecule has 2 atom stereocenters. The largest absolute Gasteiger partial charge is 0.497 e. The number of para-hydroxylation sites is 1. The first-order valence-electron chi connectivity index (χ1n) is 11.9. The van der Waals surface area contributed by atoms with Crippen molar-refractivity contribution < 1.29 is 23.5 Å². The Morgan fingerprint density at radius 2 is 1.84 bits per heavy atom. The molecule has 8 nitrogen and oxygen atoms in total. The number of amidine groups is 1. The number of hydrogen-bond donors (Lipinski definition) is 1. The molecule has 2 aliphatic rings. The number of thioether (sulfide) groups is 1. The molecule has 5 rings (SSSR count). The van der Waals surface area contributed by atoms with Gasteiger partial charge in [-0.05, 0) is 48.0 Å². The van der Waals surface area contributed by atoms with Gasteiger partial charge in [-0.3, -0.25) is 9.59 Å². The van der Waals surface area contributed by atoms with E-state index in [2.05, 4.69) is 10.3 Å². The highest BCUT2D eigenvalue weighted by Crippen LogP contribution is 2.40. The van der Waals surface area contributed by atoms with Gasteiger partial charge in [-0.2, -0.15) is 10.1 Å². The minimum Gasteiger partial charge on any atom is -0.497 e. The van der Waals surface area contributed by atoms with Gasteiger partial charge in [0.2, 0.25) is 5.91 Å². The normalized spacial score (nSPS) is 18.7. The van der Waals surface area contributed by atoms with Gasteiger partial charge in [-0.15, -0.1) is 0 Å². The zero-order valence-electron chi connectivity index (χ0n) is 20.8. The maximum absolute atomic E-state index is 13.7. The maximum Gasteiger partial charge on any atom is 0.262 e. The molecule has 0 fully saturated rings. The van der Waals surface area contributed by atoms with Gasteiger partial charge in [-0.1, -0.05) is 42.1 Å². The van der Waals surface area contributed by atoms with Crippen LogP contribution in [-0.2, 0) is 9.59 Å². The Balaban J connectivity index is 1.41. The summed E-state index contributed by atoms with van der Waals surface area (Å²) < 4.78 is 24.7. The van der Waals surface area contributed by atoms with Gasteiger partial charge in [0, 0.05) is 24.1 Å². The molecule has 2 amide bonds. The van der Waals surface area contributed by atoms with E-state index >= 15 is 0 Å². The Labute approximate surface area is 223 Å². The molecule has 0 saturated heterocycles. The molecule has 2 heterocycles. The lowest BCUT2D eigenvalue weighted by Crippen LogP contribution is -2.25. The number of rotatable bonds is 7. The molecule has 1 N–H and O–H groups in total. The van der Waals surface area contributed by atoms with Gasteiger partial charge in [0.1, 0.15) is 22.6 Å². The Morgan fingerprint density at radius 3 is 2.55 bits per heavy atom. The minimum atomic E-state index is -0.673. The van der Waals surface area contributed by atoms with Crippen molar-refractivity contribution >= 4 is 40.1 Å². The summed E-state index contributed by atoms with van der Waals surface area (Å²) in [6.45, 7) is 0. The fourth-order valence-electron chi connectivity index (χ4n) is 4.34. The summed E-state index contributed by atoms with van der Waals surface area (Å²) in [5, 5.41) is 9.04. The Kier molecular flexibility index (Phi) is 7.41. The zero-order chi connectivity index (χ0) is 26.6. The third-order valence-electron chi connectivity index (χ3n) is 6.24.